The zero-order chi connectivity index (χ0) is 18.1. The summed E-state index contributed by atoms with van der Waals surface area (Å²) in [5.41, 5.74) is 2.14. The third kappa shape index (κ3) is 8.91. The third-order valence-corrected chi connectivity index (χ3v) is 4.67. The predicted molar refractivity (Wildman–Crippen MR) is 121 cm³/mol. The van der Waals surface area contributed by atoms with Crippen LogP contribution in [0.5, 0.6) is 5.75 Å². The summed E-state index contributed by atoms with van der Waals surface area (Å²) in [5, 5.41) is 4.52. The molecule has 27 heavy (non-hydrogen) atoms. The highest BCUT2D eigenvalue weighted by molar-refractivity contribution is 6.37. The molecule has 3 nitrogen and oxygen atoms in total. The summed E-state index contributed by atoms with van der Waals surface area (Å²) in [6.45, 7) is 9.65. The van der Waals surface area contributed by atoms with Crippen molar-refractivity contribution in [2.24, 2.45) is 0 Å². The number of likely N-dealkylation sites (N-methyl/N-ethyl adjacent to an activating group) is 1. The normalized spacial score (nSPS) is 10.3. The Morgan fingerprint density at radius 2 is 1.52 bits per heavy atom. The van der Waals surface area contributed by atoms with Gasteiger partial charge in [-0.3, -0.25) is 0 Å². The van der Waals surface area contributed by atoms with Crippen LogP contribution in [0.15, 0.2) is 42.5 Å². The first-order chi connectivity index (χ1) is 12.1. The molecule has 152 valence electrons. The SMILES string of the molecule is CCN(CC)CCNCc1cc(Cl)c(OCc2ccccc2)c(Cl)c1.Cl.Cl. The molecule has 0 saturated heterocycles. The number of nitrogens with one attached hydrogen (secondary N) is 1. The molecular formula is C20H28Cl4N2O. The first-order valence-corrected chi connectivity index (χ1v) is 9.47. The summed E-state index contributed by atoms with van der Waals surface area (Å²) in [4.78, 5) is 2.38. The van der Waals surface area contributed by atoms with Crippen molar-refractivity contribution < 1.29 is 4.74 Å². The Bertz CT molecular complexity index is 629. The molecule has 2 rings (SSSR count). The maximum atomic E-state index is 6.36. The van der Waals surface area contributed by atoms with Crippen molar-refractivity contribution in [2.75, 3.05) is 26.2 Å². The predicted octanol–water partition coefficient (Wildman–Crippen LogP) is 5.85. The smallest absolute Gasteiger partial charge is 0.156 e. The molecule has 0 aromatic heterocycles. The van der Waals surface area contributed by atoms with E-state index in [2.05, 4.69) is 24.1 Å². The molecule has 0 aliphatic rings. The second-order valence-corrected chi connectivity index (χ2v) is 6.68. The summed E-state index contributed by atoms with van der Waals surface area (Å²) in [6, 6.07) is 13.8. The summed E-state index contributed by atoms with van der Waals surface area (Å²) in [6.07, 6.45) is 0. The number of nitrogens with zero attached hydrogens (tertiary/aromatic N) is 1. The summed E-state index contributed by atoms with van der Waals surface area (Å²) in [5.74, 6) is 0.541. The summed E-state index contributed by atoms with van der Waals surface area (Å²) >= 11 is 12.7. The summed E-state index contributed by atoms with van der Waals surface area (Å²) in [7, 11) is 0. The third-order valence-electron chi connectivity index (χ3n) is 4.11. The van der Waals surface area contributed by atoms with Gasteiger partial charge in [0.05, 0.1) is 10.0 Å². The van der Waals surface area contributed by atoms with Crippen molar-refractivity contribution in [1.82, 2.24) is 10.2 Å². The van der Waals surface area contributed by atoms with Crippen LogP contribution in [-0.4, -0.2) is 31.1 Å². The fraction of sp³-hybridized carbons (Fsp3) is 0.400. The molecule has 0 radical (unpaired) electrons. The minimum atomic E-state index is 0. The van der Waals surface area contributed by atoms with Crippen molar-refractivity contribution in [2.45, 2.75) is 27.0 Å². The Kier molecular flexibility index (Phi) is 14.0. The molecule has 0 spiro atoms. The number of ether oxygens (including phenoxy) is 1. The van der Waals surface area contributed by atoms with Crippen LogP contribution in [0.2, 0.25) is 10.0 Å². The van der Waals surface area contributed by atoms with Gasteiger partial charge in [0.25, 0.3) is 0 Å². The average Bonchev–Trinajstić information content (AvgIpc) is 2.62. The molecule has 0 atom stereocenters. The molecule has 0 saturated carbocycles. The lowest BCUT2D eigenvalue weighted by molar-refractivity contribution is 0.302. The minimum Gasteiger partial charge on any atom is -0.486 e. The van der Waals surface area contributed by atoms with Gasteiger partial charge in [-0.15, -0.1) is 24.8 Å². The van der Waals surface area contributed by atoms with E-state index in [0.717, 1.165) is 43.9 Å². The van der Waals surface area contributed by atoms with Gasteiger partial charge in [0.15, 0.2) is 5.75 Å². The molecule has 0 aliphatic heterocycles. The van der Waals surface area contributed by atoms with Crippen molar-refractivity contribution in [3.05, 3.63) is 63.6 Å². The van der Waals surface area contributed by atoms with Gasteiger partial charge in [-0.1, -0.05) is 67.4 Å². The zero-order valence-corrected chi connectivity index (χ0v) is 18.9. The highest BCUT2D eigenvalue weighted by Crippen LogP contribution is 2.34. The quantitative estimate of drug-likeness (QED) is 0.456. The van der Waals surface area contributed by atoms with Crippen molar-refractivity contribution >= 4 is 48.0 Å². The maximum absolute atomic E-state index is 6.36. The molecule has 0 aliphatic carbocycles. The van der Waals surface area contributed by atoms with Crippen molar-refractivity contribution in [1.29, 1.82) is 0 Å². The molecule has 7 heteroatoms. The molecule has 0 fully saturated rings. The lowest BCUT2D eigenvalue weighted by Crippen LogP contribution is -2.31. The second kappa shape index (κ2) is 14.3. The number of hydrogen-bond acceptors (Lipinski definition) is 3. The minimum absolute atomic E-state index is 0. The van der Waals surface area contributed by atoms with E-state index in [0.29, 0.717) is 22.4 Å². The van der Waals surface area contributed by atoms with Crippen LogP contribution in [0.3, 0.4) is 0 Å². The van der Waals surface area contributed by atoms with Gasteiger partial charge in [0.2, 0.25) is 0 Å². The van der Waals surface area contributed by atoms with E-state index >= 15 is 0 Å². The largest absolute Gasteiger partial charge is 0.486 e. The van der Waals surface area contributed by atoms with Gasteiger partial charge in [-0.25, -0.2) is 0 Å². The van der Waals surface area contributed by atoms with Gasteiger partial charge < -0.3 is 15.0 Å². The van der Waals surface area contributed by atoms with Crippen LogP contribution in [0.4, 0.5) is 0 Å². The van der Waals surface area contributed by atoms with E-state index in [1.807, 2.05) is 42.5 Å². The monoisotopic (exact) mass is 452 g/mol. The van der Waals surface area contributed by atoms with Gasteiger partial charge in [-0.05, 0) is 36.3 Å². The van der Waals surface area contributed by atoms with Crippen molar-refractivity contribution in [3.8, 4) is 5.75 Å². The highest BCUT2D eigenvalue weighted by atomic mass is 35.5. The zero-order valence-electron chi connectivity index (χ0n) is 15.7. The van der Waals surface area contributed by atoms with E-state index in [4.69, 9.17) is 27.9 Å². The number of halogens is 4. The first-order valence-electron chi connectivity index (χ1n) is 8.71. The lowest BCUT2D eigenvalue weighted by Gasteiger charge is -2.18. The van der Waals surface area contributed by atoms with Gasteiger partial charge >= 0.3 is 0 Å². The van der Waals surface area contributed by atoms with E-state index in [-0.39, 0.29) is 24.8 Å². The standard InChI is InChI=1S/C20H26Cl2N2O.2ClH/c1-3-24(4-2)11-10-23-14-17-12-18(21)20(19(22)13-17)25-15-16-8-6-5-7-9-16;;/h5-9,12-13,23H,3-4,10-11,14-15H2,1-2H3;2*1H. The van der Waals surface area contributed by atoms with Gasteiger partial charge in [0, 0.05) is 19.6 Å². The number of benzene rings is 2. The van der Waals surface area contributed by atoms with E-state index < -0.39 is 0 Å². The number of hydrogen-bond donors (Lipinski definition) is 1. The van der Waals surface area contributed by atoms with Crippen LogP contribution in [0, 0.1) is 0 Å². The Morgan fingerprint density at radius 1 is 0.926 bits per heavy atom. The molecule has 0 heterocycles. The average molecular weight is 454 g/mol. The Labute approximate surface area is 185 Å². The van der Waals surface area contributed by atoms with Crippen LogP contribution in [0.1, 0.15) is 25.0 Å². The van der Waals surface area contributed by atoms with Crippen LogP contribution >= 0.6 is 48.0 Å². The molecule has 0 unspecified atom stereocenters. The van der Waals surface area contributed by atoms with Gasteiger partial charge in [0.1, 0.15) is 6.61 Å². The van der Waals surface area contributed by atoms with Crippen LogP contribution in [-0.2, 0) is 13.2 Å². The molecule has 2 aromatic rings. The fourth-order valence-electron chi connectivity index (χ4n) is 2.59. The molecular weight excluding hydrogens is 426 g/mol. The topological polar surface area (TPSA) is 24.5 Å². The van der Waals surface area contributed by atoms with Gasteiger partial charge in [-0.2, -0.15) is 0 Å². The van der Waals surface area contributed by atoms with E-state index in [1.165, 1.54) is 0 Å². The Morgan fingerprint density at radius 3 is 2.07 bits per heavy atom. The maximum Gasteiger partial charge on any atom is 0.156 e. The summed E-state index contributed by atoms with van der Waals surface area (Å²) < 4.78 is 5.80. The highest BCUT2D eigenvalue weighted by Gasteiger charge is 2.10. The second-order valence-electron chi connectivity index (χ2n) is 5.87. The molecule has 0 amide bonds. The Hall–Kier alpha value is -0.680. The lowest BCUT2D eigenvalue weighted by atomic mass is 10.2. The number of rotatable bonds is 10. The van der Waals surface area contributed by atoms with E-state index in [9.17, 15) is 0 Å². The molecule has 1 N–H and O–H groups in total. The first kappa shape index (κ1) is 26.3. The van der Waals surface area contributed by atoms with E-state index in [1.54, 1.807) is 0 Å². The Balaban J connectivity index is 0.00000338. The fourth-order valence-corrected chi connectivity index (χ4v) is 3.23. The van der Waals surface area contributed by atoms with Crippen LogP contribution in [0.25, 0.3) is 0 Å². The molecule has 2 aromatic carbocycles. The van der Waals surface area contributed by atoms with Crippen LogP contribution < -0.4 is 10.1 Å². The van der Waals surface area contributed by atoms with Crippen molar-refractivity contribution in [3.63, 3.8) is 0 Å². The molecule has 0 bridgehead atoms.